The number of para-hydroxylation sites is 1. The fraction of sp³-hybridized carbons (Fsp3) is 0.292. The molecule has 3 aromatic heterocycles. The van der Waals surface area contributed by atoms with Crippen LogP contribution in [0.5, 0.6) is 0 Å². The highest BCUT2D eigenvalue weighted by atomic mass is 16.2. The summed E-state index contributed by atoms with van der Waals surface area (Å²) in [6, 6.07) is 16.1. The van der Waals surface area contributed by atoms with Crippen LogP contribution in [0.1, 0.15) is 41.6 Å². The Bertz CT molecular complexity index is 1190. The Morgan fingerprint density at radius 3 is 2.58 bits per heavy atom. The van der Waals surface area contributed by atoms with Gasteiger partial charge in [0.1, 0.15) is 5.69 Å². The van der Waals surface area contributed by atoms with Crippen LogP contribution in [-0.2, 0) is 6.42 Å². The molecule has 4 rings (SSSR count). The van der Waals surface area contributed by atoms with E-state index >= 15 is 0 Å². The summed E-state index contributed by atoms with van der Waals surface area (Å²) in [5, 5.41) is 9.48. The van der Waals surface area contributed by atoms with Gasteiger partial charge in [0, 0.05) is 29.9 Å². The molecule has 1 amide bonds. The summed E-state index contributed by atoms with van der Waals surface area (Å²) in [6.07, 6.45) is 5.64. The summed E-state index contributed by atoms with van der Waals surface area (Å²) < 4.78 is 0. The number of aryl methyl sites for hydroxylation is 2. The molecule has 0 N–H and O–H groups in total. The van der Waals surface area contributed by atoms with Gasteiger partial charge in [-0.15, -0.1) is 4.80 Å². The lowest BCUT2D eigenvalue weighted by molar-refractivity contribution is 0.0713. The predicted octanol–water partition coefficient (Wildman–Crippen LogP) is 4.00. The smallest absolute Gasteiger partial charge is 0.274 e. The minimum Gasteiger partial charge on any atom is -0.337 e. The van der Waals surface area contributed by atoms with Crippen molar-refractivity contribution in [3.05, 3.63) is 78.0 Å². The number of hydrogen-bond donors (Lipinski definition) is 0. The Kier molecular flexibility index (Phi) is 6.02. The van der Waals surface area contributed by atoms with E-state index in [1.54, 1.807) is 17.3 Å². The first-order valence-corrected chi connectivity index (χ1v) is 10.5. The highest BCUT2D eigenvalue weighted by molar-refractivity contribution is 5.95. The van der Waals surface area contributed by atoms with Crippen molar-refractivity contribution in [2.45, 2.75) is 39.2 Å². The van der Waals surface area contributed by atoms with Gasteiger partial charge in [-0.25, -0.2) is 4.98 Å². The normalized spacial score (nSPS) is 12.1. The summed E-state index contributed by atoms with van der Waals surface area (Å²) in [4.78, 5) is 25.9. The van der Waals surface area contributed by atoms with Gasteiger partial charge >= 0.3 is 0 Å². The Balaban J connectivity index is 1.52. The number of pyridine rings is 2. The van der Waals surface area contributed by atoms with E-state index in [1.165, 1.54) is 4.80 Å². The van der Waals surface area contributed by atoms with Crippen molar-refractivity contribution in [3.8, 4) is 5.69 Å². The van der Waals surface area contributed by atoms with Crippen LogP contribution >= 0.6 is 0 Å². The fourth-order valence-electron chi connectivity index (χ4n) is 3.77. The number of benzene rings is 1. The van der Waals surface area contributed by atoms with E-state index in [9.17, 15) is 4.79 Å². The molecule has 0 bridgehead atoms. The summed E-state index contributed by atoms with van der Waals surface area (Å²) in [6.45, 7) is 3.97. The van der Waals surface area contributed by atoms with E-state index in [0.29, 0.717) is 11.4 Å². The molecule has 4 aromatic rings. The van der Waals surface area contributed by atoms with Gasteiger partial charge in [0.25, 0.3) is 5.91 Å². The van der Waals surface area contributed by atoms with Crippen LogP contribution in [0.3, 0.4) is 0 Å². The van der Waals surface area contributed by atoms with Crippen LogP contribution < -0.4 is 0 Å². The number of fused-ring (bicyclic) bond motifs is 1. The van der Waals surface area contributed by atoms with Crippen LogP contribution in [0.15, 0.2) is 60.9 Å². The number of rotatable bonds is 7. The molecule has 0 radical (unpaired) electrons. The number of carbonyl (C=O) groups is 1. The number of hydrogen-bond acceptors (Lipinski definition) is 5. The molecule has 0 aliphatic carbocycles. The lowest BCUT2D eigenvalue weighted by Gasteiger charge is -2.27. The van der Waals surface area contributed by atoms with Gasteiger partial charge in [-0.3, -0.25) is 9.78 Å². The van der Waals surface area contributed by atoms with Crippen LogP contribution in [-0.4, -0.2) is 48.9 Å². The SMILES string of the molecule is CC[C@@H](CCc1ccc2ccccc2n1)N(C)C(=O)c1nc(C)ccc1-n1nccn1. The van der Waals surface area contributed by atoms with E-state index in [-0.39, 0.29) is 11.9 Å². The second kappa shape index (κ2) is 9.04. The molecule has 0 spiro atoms. The lowest BCUT2D eigenvalue weighted by atomic mass is 10.0. The average Bonchev–Trinajstić information content (AvgIpc) is 3.33. The maximum atomic E-state index is 13.4. The standard InChI is InChI=1S/C24H26N6O/c1-4-20(13-12-19-11-10-18-7-5-6-8-21(18)28-19)29(3)24(31)23-22(14-9-17(2)27-23)30-25-15-16-26-30/h5-11,14-16,20H,4,12-13H2,1-3H3/t20-/m0/s1. The third-order valence-electron chi connectivity index (χ3n) is 5.58. The first kappa shape index (κ1) is 20.7. The van der Waals surface area contributed by atoms with Crippen molar-refractivity contribution >= 4 is 16.8 Å². The largest absolute Gasteiger partial charge is 0.337 e. The molecule has 1 aromatic carbocycles. The summed E-state index contributed by atoms with van der Waals surface area (Å²) >= 11 is 0. The van der Waals surface area contributed by atoms with Crippen molar-refractivity contribution in [3.63, 3.8) is 0 Å². The van der Waals surface area contributed by atoms with Crippen LogP contribution in [0.4, 0.5) is 0 Å². The van der Waals surface area contributed by atoms with Crippen molar-refractivity contribution in [1.82, 2.24) is 29.9 Å². The van der Waals surface area contributed by atoms with Gasteiger partial charge in [-0.1, -0.05) is 31.2 Å². The molecule has 31 heavy (non-hydrogen) atoms. The van der Waals surface area contributed by atoms with E-state index < -0.39 is 0 Å². The Labute approximate surface area is 181 Å². The molecule has 0 saturated heterocycles. The molecule has 0 aliphatic heterocycles. The lowest BCUT2D eigenvalue weighted by Crippen LogP contribution is -2.38. The molecule has 0 fully saturated rings. The maximum absolute atomic E-state index is 13.4. The number of nitrogens with zero attached hydrogens (tertiary/aromatic N) is 6. The Hall–Kier alpha value is -3.61. The molecular formula is C24H26N6O. The third-order valence-corrected chi connectivity index (χ3v) is 5.58. The summed E-state index contributed by atoms with van der Waals surface area (Å²) in [7, 11) is 1.84. The maximum Gasteiger partial charge on any atom is 0.274 e. The molecular weight excluding hydrogens is 388 g/mol. The first-order chi connectivity index (χ1) is 15.1. The molecule has 0 unspecified atom stereocenters. The van der Waals surface area contributed by atoms with E-state index in [4.69, 9.17) is 4.98 Å². The number of carbonyl (C=O) groups excluding carboxylic acids is 1. The zero-order valence-corrected chi connectivity index (χ0v) is 18.1. The van der Waals surface area contributed by atoms with Gasteiger partial charge in [-0.05, 0) is 50.5 Å². The summed E-state index contributed by atoms with van der Waals surface area (Å²) in [5.74, 6) is -0.130. The van der Waals surface area contributed by atoms with E-state index in [2.05, 4.69) is 40.3 Å². The van der Waals surface area contributed by atoms with Gasteiger partial charge in [-0.2, -0.15) is 10.2 Å². The molecule has 0 saturated carbocycles. The molecule has 1 atom stereocenters. The topological polar surface area (TPSA) is 76.8 Å². The Morgan fingerprint density at radius 1 is 1.03 bits per heavy atom. The number of amides is 1. The minimum absolute atomic E-state index is 0.0708. The van der Waals surface area contributed by atoms with Crippen LogP contribution in [0.25, 0.3) is 16.6 Å². The molecule has 3 heterocycles. The van der Waals surface area contributed by atoms with Gasteiger partial charge in [0.05, 0.1) is 17.9 Å². The first-order valence-electron chi connectivity index (χ1n) is 10.5. The monoisotopic (exact) mass is 414 g/mol. The van der Waals surface area contributed by atoms with Crippen molar-refractivity contribution in [2.24, 2.45) is 0 Å². The zero-order chi connectivity index (χ0) is 21.8. The minimum atomic E-state index is -0.130. The van der Waals surface area contributed by atoms with E-state index in [1.807, 2.05) is 44.3 Å². The molecule has 158 valence electrons. The quantitative estimate of drug-likeness (QED) is 0.457. The van der Waals surface area contributed by atoms with Crippen molar-refractivity contribution in [1.29, 1.82) is 0 Å². The molecule has 7 nitrogen and oxygen atoms in total. The average molecular weight is 415 g/mol. The highest BCUT2D eigenvalue weighted by Gasteiger charge is 2.24. The van der Waals surface area contributed by atoms with Gasteiger partial charge in [0.15, 0.2) is 5.69 Å². The molecule has 0 aliphatic rings. The fourth-order valence-corrected chi connectivity index (χ4v) is 3.77. The van der Waals surface area contributed by atoms with Crippen LogP contribution in [0.2, 0.25) is 0 Å². The highest BCUT2D eigenvalue weighted by Crippen LogP contribution is 2.19. The molecule has 7 heteroatoms. The Morgan fingerprint density at radius 2 is 1.81 bits per heavy atom. The third kappa shape index (κ3) is 4.45. The second-order valence-electron chi connectivity index (χ2n) is 7.65. The van der Waals surface area contributed by atoms with E-state index in [0.717, 1.165) is 41.6 Å². The zero-order valence-electron chi connectivity index (χ0n) is 18.1. The summed E-state index contributed by atoms with van der Waals surface area (Å²) in [5.41, 5.74) is 3.76. The van der Waals surface area contributed by atoms with Crippen molar-refractivity contribution in [2.75, 3.05) is 7.05 Å². The van der Waals surface area contributed by atoms with Crippen molar-refractivity contribution < 1.29 is 4.79 Å². The van der Waals surface area contributed by atoms with Gasteiger partial charge < -0.3 is 4.90 Å². The number of aromatic nitrogens is 5. The predicted molar refractivity (Wildman–Crippen MR) is 120 cm³/mol. The van der Waals surface area contributed by atoms with Gasteiger partial charge in [0.2, 0.25) is 0 Å². The van der Waals surface area contributed by atoms with Crippen LogP contribution in [0, 0.1) is 6.92 Å². The second-order valence-corrected chi connectivity index (χ2v) is 7.65.